The van der Waals surface area contributed by atoms with Crippen LogP contribution in [0.25, 0.3) is 0 Å². The zero-order valence-electron chi connectivity index (χ0n) is 14.6. The maximum atomic E-state index is 12.6. The molecule has 0 bridgehead atoms. The predicted molar refractivity (Wildman–Crippen MR) is 93.1 cm³/mol. The number of amides is 1. The lowest BCUT2D eigenvalue weighted by molar-refractivity contribution is -0.140. The molecule has 0 unspecified atom stereocenters. The summed E-state index contributed by atoms with van der Waals surface area (Å²) in [6.45, 7) is 4.26. The maximum Gasteiger partial charge on any atom is 0.307 e. The molecular weight excluding hydrogens is 360 g/mol. The molecule has 1 amide bonds. The Morgan fingerprint density at radius 1 is 1.19 bits per heavy atom. The SMILES string of the molecule is CC1(C)[C@H](C(=O)O)[C@@H]1C(=O)Nc1cc(S(=O)(=O)N2CCCC2)ccc1O. The summed E-state index contributed by atoms with van der Waals surface area (Å²) in [5.74, 6) is -3.42. The minimum absolute atomic E-state index is 0.0164. The molecule has 0 spiro atoms. The first-order chi connectivity index (χ1) is 12.1. The summed E-state index contributed by atoms with van der Waals surface area (Å²) in [6.07, 6.45) is 1.60. The van der Waals surface area contributed by atoms with E-state index in [9.17, 15) is 28.2 Å². The number of hydrogen-bond acceptors (Lipinski definition) is 5. The second kappa shape index (κ2) is 6.24. The van der Waals surface area contributed by atoms with Gasteiger partial charge in [0.2, 0.25) is 15.9 Å². The van der Waals surface area contributed by atoms with Gasteiger partial charge in [0, 0.05) is 13.1 Å². The zero-order chi connectivity index (χ0) is 19.3. The molecule has 2 fully saturated rings. The van der Waals surface area contributed by atoms with Crippen molar-refractivity contribution in [3.8, 4) is 5.75 Å². The van der Waals surface area contributed by atoms with Crippen molar-refractivity contribution in [2.75, 3.05) is 18.4 Å². The second-order valence-electron chi connectivity index (χ2n) is 7.39. The van der Waals surface area contributed by atoms with E-state index in [1.807, 2.05) is 0 Å². The Bertz CT molecular complexity index is 858. The predicted octanol–water partition coefficient (Wildman–Crippen LogP) is 1.47. The van der Waals surface area contributed by atoms with Crippen LogP contribution in [0.15, 0.2) is 23.1 Å². The molecule has 142 valence electrons. The van der Waals surface area contributed by atoms with Crippen LogP contribution >= 0.6 is 0 Å². The fourth-order valence-corrected chi connectivity index (χ4v) is 5.20. The highest BCUT2D eigenvalue weighted by Gasteiger charge is 2.65. The molecule has 1 heterocycles. The van der Waals surface area contributed by atoms with Gasteiger partial charge in [-0.2, -0.15) is 4.31 Å². The molecule has 1 saturated heterocycles. The molecule has 1 saturated carbocycles. The van der Waals surface area contributed by atoms with Crippen LogP contribution < -0.4 is 5.32 Å². The van der Waals surface area contributed by atoms with Crippen LogP contribution in [0.2, 0.25) is 0 Å². The number of phenols is 1. The van der Waals surface area contributed by atoms with Gasteiger partial charge in [-0.3, -0.25) is 9.59 Å². The van der Waals surface area contributed by atoms with E-state index in [0.717, 1.165) is 12.8 Å². The summed E-state index contributed by atoms with van der Waals surface area (Å²) >= 11 is 0. The number of anilines is 1. The van der Waals surface area contributed by atoms with Gasteiger partial charge >= 0.3 is 5.97 Å². The molecule has 2 aliphatic rings. The van der Waals surface area contributed by atoms with E-state index in [2.05, 4.69) is 5.32 Å². The van der Waals surface area contributed by atoms with Crippen molar-refractivity contribution in [1.82, 2.24) is 4.31 Å². The summed E-state index contributed by atoms with van der Waals surface area (Å²) in [5.41, 5.74) is -0.729. The average Bonchev–Trinajstić information content (AvgIpc) is 2.90. The molecule has 9 heteroatoms. The van der Waals surface area contributed by atoms with Crippen molar-refractivity contribution in [2.45, 2.75) is 31.6 Å². The Morgan fingerprint density at radius 2 is 1.81 bits per heavy atom. The van der Waals surface area contributed by atoms with Gasteiger partial charge in [0.25, 0.3) is 0 Å². The summed E-state index contributed by atoms with van der Waals surface area (Å²) in [5, 5.41) is 21.6. The van der Waals surface area contributed by atoms with Gasteiger partial charge in [-0.05, 0) is 36.5 Å². The van der Waals surface area contributed by atoms with E-state index < -0.39 is 39.2 Å². The molecule has 8 nitrogen and oxygen atoms in total. The molecule has 1 aromatic rings. The topological polar surface area (TPSA) is 124 Å². The van der Waals surface area contributed by atoms with Crippen LogP contribution in [0, 0.1) is 17.3 Å². The lowest BCUT2D eigenvalue weighted by Gasteiger charge is -2.17. The van der Waals surface area contributed by atoms with Crippen LogP contribution in [0.4, 0.5) is 5.69 Å². The van der Waals surface area contributed by atoms with E-state index in [4.69, 9.17) is 0 Å². The van der Waals surface area contributed by atoms with Crippen molar-refractivity contribution in [2.24, 2.45) is 17.3 Å². The summed E-state index contributed by atoms with van der Waals surface area (Å²) in [7, 11) is -3.69. The van der Waals surface area contributed by atoms with Gasteiger partial charge in [-0.25, -0.2) is 8.42 Å². The van der Waals surface area contributed by atoms with Gasteiger partial charge < -0.3 is 15.5 Å². The van der Waals surface area contributed by atoms with Crippen molar-refractivity contribution >= 4 is 27.6 Å². The monoisotopic (exact) mass is 382 g/mol. The number of aromatic hydroxyl groups is 1. The fourth-order valence-electron chi connectivity index (χ4n) is 3.65. The minimum Gasteiger partial charge on any atom is -0.506 e. The number of benzene rings is 1. The maximum absolute atomic E-state index is 12.6. The van der Waals surface area contributed by atoms with E-state index in [-0.39, 0.29) is 16.3 Å². The second-order valence-corrected chi connectivity index (χ2v) is 9.33. The summed E-state index contributed by atoms with van der Waals surface area (Å²) < 4.78 is 26.6. The van der Waals surface area contributed by atoms with Crippen LogP contribution in [-0.4, -0.2) is 47.9 Å². The van der Waals surface area contributed by atoms with Crippen LogP contribution in [0.3, 0.4) is 0 Å². The molecule has 3 N–H and O–H groups in total. The average molecular weight is 382 g/mol. The minimum atomic E-state index is -3.69. The quantitative estimate of drug-likeness (QED) is 0.663. The number of nitrogens with one attached hydrogen (secondary N) is 1. The van der Waals surface area contributed by atoms with Gasteiger partial charge in [-0.15, -0.1) is 0 Å². The third-order valence-electron chi connectivity index (χ3n) is 5.30. The normalized spacial score (nSPS) is 25.0. The van der Waals surface area contributed by atoms with E-state index in [1.54, 1.807) is 13.8 Å². The highest BCUT2D eigenvalue weighted by atomic mass is 32.2. The van der Waals surface area contributed by atoms with E-state index >= 15 is 0 Å². The Labute approximate surface area is 151 Å². The molecule has 3 rings (SSSR count). The standard InChI is InChI=1S/C17H22N2O6S/c1-17(2)13(14(17)16(22)23)15(21)18-11-9-10(5-6-12(11)20)26(24,25)19-7-3-4-8-19/h5-6,9,13-14,20H,3-4,7-8H2,1-2H3,(H,18,21)(H,22,23)/t13-,14+/m1/s1. The number of carboxylic acid groups (broad SMARTS) is 1. The molecule has 0 radical (unpaired) electrons. The number of aliphatic carboxylic acids is 1. The number of nitrogens with zero attached hydrogens (tertiary/aromatic N) is 1. The molecule has 1 aromatic carbocycles. The van der Waals surface area contributed by atoms with Crippen molar-refractivity contribution in [3.63, 3.8) is 0 Å². The molecule has 2 atom stereocenters. The van der Waals surface area contributed by atoms with E-state index in [1.165, 1.54) is 22.5 Å². The number of rotatable bonds is 5. The number of carbonyl (C=O) groups excluding carboxylic acids is 1. The van der Waals surface area contributed by atoms with Crippen molar-refractivity contribution in [1.29, 1.82) is 0 Å². The first-order valence-electron chi connectivity index (χ1n) is 8.43. The van der Waals surface area contributed by atoms with Crippen LogP contribution in [0.1, 0.15) is 26.7 Å². The Hall–Kier alpha value is -2.13. The molecule has 26 heavy (non-hydrogen) atoms. The Morgan fingerprint density at radius 3 is 2.35 bits per heavy atom. The van der Waals surface area contributed by atoms with E-state index in [0.29, 0.717) is 13.1 Å². The van der Waals surface area contributed by atoms with Crippen LogP contribution in [0.5, 0.6) is 5.75 Å². The third-order valence-corrected chi connectivity index (χ3v) is 7.20. The van der Waals surface area contributed by atoms with Crippen LogP contribution in [-0.2, 0) is 19.6 Å². The van der Waals surface area contributed by atoms with Crippen molar-refractivity contribution < 1.29 is 28.2 Å². The molecular formula is C17H22N2O6S. The van der Waals surface area contributed by atoms with Gasteiger partial charge in [0.05, 0.1) is 22.4 Å². The largest absolute Gasteiger partial charge is 0.506 e. The number of carbonyl (C=O) groups is 2. The lowest BCUT2D eigenvalue weighted by atomic mass is 10.1. The Kier molecular flexibility index (Phi) is 4.48. The fraction of sp³-hybridized carbons (Fsp3) is 0.529. The Balaban J connectivity index is 1.83. The molecule has 1 aliphatic carbocycles. The first-order valence-corrected chi connectivity index (χ1v) is 9.87. The third kappa shape index (κ3) is 3.05. The number of sulfonamides is 1. The highest BCUT2D eigenvalue weighted by Crippen LogP contribution is 2.58. The van der Waals surface area contributed by atoms with Gasteiger partial charge in [0.15, 0.2) is 0 Å². The number of hydrogen-bond donors (Lipinski definition) is 3. The van der Waals surface area contributed by atoms with Gasteiger partial charge in [0.1, 0.15) is 5.75 Å². The van der Waals surface area contributed by atoms with Gasteiger partial charge in [-0.1, -0.05) is 13.8 Å². The first kappa shape index (κ1) is 18.7. The summed E-state index contributed by atoms with van der Waals surface area (Å²) in [6, 6.07) is 3.72. The molecule has 0 aromatic heterocycles. The zero-order valence-corrected chi connectivity index (χ0v) is 15.4. The number of phenolic OH excluding ortho intramolecular Hbond substituents is 1. The summed E-state index contributed by atoms with van der Waals surface area (Å²) in [4.78, 5) is 23.6. The lowest BCUT2D eigenvalue weighted by Crippen LogP contribution is -2.28. The van der Waals surface area contributed by atoms with Crippen molar-refractivity contribution in [3.05, 3.63) is 18.2 Å². The molecule has 1 aliphatic heterocycles. The number of carboxylic acids is 1. The smallest absolute Gasteiger partial charge is 0.307 e. The highest BCUT2D eigenvalue weighted by molar-refractivity contribution is 7.89.